The Bertz CT molecular complexity index is 852. The van der Waals surface area contributed by atoms with Gasteiger partial charge in [0.05, 0.1) is 27.4 Å². The Labute approximate surface area is 178 Å². The quantitative estimate of drug-likeness (QED) is 0.730. The van der Waals surface area contributed by atoms with Gasteiger partial charge in [0.25, 0.3) is 0 Å². The van der Waals surface area contributed by atoms with E-state index in [0.717, 1.165) is 42.0 Å². The predicted molar refractivity (Wildman–Crippen MR) is 115 cm³/mol. The first-order valence-electron chi connectivity index (χ1n) is 10.6. The van der Waals surface area contributed by atoms with E-state index >= 15 is 0 Å². The first-order valence-corrected chi connectivity index (χ1v) is 10.6. The molecule has 2 aromatic rings. The SMILES string of the molecule is COc1ccc([C@H]2CCCN2[C@@H](C(=O)N2CCOCC2)c2ccccc2)c(OC)c1. The number of likely N-dealkylation sites (tertiary alicyclic amines) is 1. The maximum Gasteiger partial charge on any atom is 0.244 e. The molecular weight excluding hydrogens is 380 g/mol. The number of ether oxygens (including phenoxy) is 3. The molecule has 0 aromatic heterocycles. The molecule has 0 radical (unpaired) electrons. The Balaban J connectivity index is 1.70. The van der Waals surface area contributed by atoms with Crippen molar-refractivity contribution in [3.63, 3.8) is 0 Å². The largest absolute Gasteiger partial charge is 0.497 e. The Morgan fingerprint density at radius 2 is 1.80 bits per heavy atom. The van der Waals surface area contributed by atoms with Crippen LogP contribution >= 0.6 is 0 Å². The molecule has 0 saturated carbocycles. The van der Waals surface area contributed by atoms with Crippen molar-refractivity contribution in [2.75, 3.05) is 47.1 Å². The molecule has 0 aliphatic carbocycles. The first-order chi connectivity index (χ1) is 14.7. The average molecular weight is 411 g/mol. The number of hydrogen-bond acceptors (Lipinski definition) is 5. The average Bonchev–Trinajstić information content (AvgIpc) is 3.29. The van der Waals surface area contributed by atoms with Crippen molar-refractivity contribution in [3.05, 3.63) is 59.7 Å². The monoisotopic (exact) mass is 410 g/mol. The van der Waals surface area contributed by atoms with Crippen molar-refractivity contribution in [2.45, 2.75) is 24.9 Å². The maximum absolute atomic E-state index is 13.7. The van der Waals surface area contributed by atoms with Gasteiger partial charge in [0.1, 0.15) is 17.5 Å². The molecule has 0 unspecified atom stereocenters. The molecule has 2 fully saturated rings. The third kappa shape index (κ3) is 4.16. The fourth-order valence-electron chi connectivity index (χ4n) is 4.59. The highest BCUT2D eigenvalue weighted by Gasteiger charge is 2.39. The number of carbonyl (C=O) groups is 1. The lowest BCUT2D eigenvalue weighted by atomic mass is 9.98. The molecule has 2 saturated heterocycles. The molecule has 30 heavy (non-hydrogen) atoms. The predicted octanol–water partition coefficient (Wildman–Crippen LogP) is 3.44. The minimum Gasteiger partial charge on any atom is -0.497 e. The number of carbonyl (C=O) groups excluding carboxylic acids is 1. The summed E-state index contributed by atoms with van der Waals surface area (Å²) in [4.78, 5) is 18.0. The van der Waals surface area contributed by atoms with Gasteiger partial charge in [-0.15, -0.1) is 0 Å². The third-order valence-corrected chi connectivity index (χ3v) is 6.10. The Morgan fingerprint density at radius 3 is 2.50 bits per heavy atom. The summed E-state index contributed by atoms with van der Waals surface area (Å²) in [6.07, 6.45) is 2.03. The van der Waals surface area contributed by atoms with Crippen LogP contribution in [0.15, 0.2) is 48.5 Å². The van der Waals surface area contributed by atoms with E-state index in [4.69, 9.17) is 14.2 Å². The molecule has 0 bridgehead atoms. The highest BCUT2D eigenvalue weighted by atomic mass is 16.5. The topological polar surface area (TPSA) is 51.2 Å². The molecule has 6 nitrogen and oxygen atoms in total. The Morgan fingerprint density at radius 1 is 1.03 bits per heavy atom. The molecule has 2 heterocycles. The molecule has 2 atom stereocenters. The van der Waals surface area contributed by atoms with Gasteiger partial charge in [0.2, 0.25) is 5.91 Å². The zero-order chi connectivity index (χ0) is 20.9. The van der Waals surface area contributed by atoms with Crippen molar-refractivity contribution in [1.29, 1.82) is 0 Å². The van der Waals surface area contributed by atoms with E-state index in [9.17, 15) is 4.79 Å². The van der Waals surface area contributed by atoms with Crippen LogP contribution in [-0.4, -0.2) is 62.8 Å². The summed E-state index contributed by atoms with van der Waals surface area (Å²) in [7, 11) is 3.34. The highest BCUT2D eigenvalue weighted by molar-refractivity contribution is 5.83. The van der Waals surface area contributed by atoms with Crippen molar-refractivity contribution >= 4 is 5.91 Å². The van der Waals surface area contributed by atoms with Crippen LogP contribution < -0.4 is 9.47 Å². The molecule has 4 rings (SSSR count). The van der Waals surface area contributed by atoms with E-state index < -0.39 is 0 Å². The zero-order valence-corrected chi connectivity index (χ0v) is 17.8. The van der Waals surface area contributed by atoms with Gasteiger partial charge in [-0.1, -0.05) is 36.4 Å². The number of benzene rings is 2. The number of rotatable bonds is 6. The maximum atomic E-state index is 13.7. The van der Waals surface area contributed by atoms with Crippen molar-refractivity contribution in [1.82, 2.24) is 9.80 Å². The summed E-state index contributed by atoms with van der Waals surface area (Å²) in [5, 5.41) is 0. The van der Waals surface area contributed by atoms with E-state index in [1.54, 1.807) is 14.2 Å². The van der Waals surface area contributed by atoms with Gasteiger partial charge in [-0.25, -0.2) is 0 Å². The highest BCUT2D eigenvalue weighted by Crippen LogP contribution is 2.43. The van der Waals surface area contributed by atoms with Crippen LogP contribution in [0.5, 0.6) is 11.5 Å². The summed E-state index contributed by atoms with van der Waals surface area (Å²) in [6, 6.07) is 15.9. The molecule has 1 amide bonds. The third-order valence-electron chi connectivity index (χ3n) is 6.10. The molecule has 2 aliphatic heterocycles. The summed E-state index contributed by atoms with van der Waals surface area (Å²) in [6.45, 7) is 3.36. The van der Waals surface area contributed by atoms with Crippen LogP contribution in [0, 0.1) is 0 Å². The normalized spacial score (nSPS) is 20.7. The number of morpholine rings is 1. The molecule has 2 aromatic carbocycles. The first kappa shape index (κ1) is 20.7. The van der Waals surface area contributed by atoms with Gasteiger partial charge in [-0.3, -0.25) is 9.69 Å². The van der Waals surface area contributed by atoms with E-state index in [0.29, 0.717) is 26.3 Å². The van der Waals surface area contributed by atoms with Crippen LogP contribution in [0.3, 0.4) is 0 Å². The van der Waals surface area contributed by atoms with E-state index in [2.05, 4.69) is 23.1 Å². The van der Waals surface area contributed by atoms with Gasteiger partial charge in [0, 0.05) is 30.8 Å². The summed E-state index contributed by atoms with van der Waals surface area (Å²) in [5.41, 5.74) is 2.14. The fourth-order valence-corrected chi connectivity index (χ4v) is 4.59. The van der Waals surface area contributed by atoms with E-state index in [-0.39, 0.29) is 18.0 Å². The summed E-state index contributed by atoms with van der Waals surface area (Å²) < 4.78 is 16.5. The lowest BCUT2D eigenvalue weighted by Gasteiger charge is -2.37. The van der Waals surface area contributed by atoms with Gasteiger partial charge in [-0.05, 0) is 31.0 Å². The second-order valence-corrected chi connectivity index (χ2v) is 7.75. The molecule has 6 heteroatoms. The fraction of sp³-hybridized carbons (Fsp3) is 0.458. The van der Waals surface area contributed by atoms with Crippen molar-refractivity contribution in [3.8, 4) is 11.5 Å². The smallest absolute Gasteiger partial charge is 0.244 e. The second kappa shape index (κ2) is 9.49. The minimum atomic E-state index is -0.316. The number of hydrogen-bond donors (Lipinski definition) is 0. The lowest BCUT2D eigenvalue weighted by Crippen LogP contribution is -2.47. The lowest BCUT2D eigenvalue weighted by molar-refractivity contribution is -0.142. The Kier molecular flexibility index (Phi) is 6.55. The van der Waals surface area contributed by atoms with Crippen LogP contribution in [0.1, 0.15) is 36.1 Å². The van der Waals surface area contributed by atoms with Crippen molar-refractivity contribution in [2.24, 2.45) is 0 Å². The minimum absolute atomic E-state index is 0.112. The van der Waals surface area contributed by atoms with Crippen LogP contribution in [0.2, 0.25) is 0 Å². The second-order valence-electron chi connectivity index (χ2n) is 7.75. The molecular formula is C24H30N2O4. The van der Waals surface area contributed by atoms with Crippen LogP contribution in [-0.2, 0) is 9.53 Å². The van der Waals surface area contributed by atoms with Crippen LogP contribution in [0.25, 0.3) is 0 Å². The zero-order valence-electron chi connectivity index (χ0n) is 17.8. The molecule has 0 spiro atoms. The number of amides is 1. The van der Waals surface area contributed by atoms with Gasteiger partial charge >= 0.3 is 0 Å². The molecule has 160 valence electrons. The number of methoxy groups -OCH3 is 2. The van der Waals surface area contributed by atoms with E-state index in [1.165, 1.54) is 0 Å². The van der Waals surface area contributed by atoms with Crippen LogP contribution in [0.4, 0.5) is 0 Å². The Hall–Kier alpha value is -2.57. The van der Waals surface area contributed by atoms with Gasteiger partial charge in [-0.2, -0.15) is 0 Å². The van der Waals surface area contributed by atoms with E-state index in [1.807, 2.05) is 35.2 Å². The van der Waals surface area contributed by atoms with Crippen molar-refractivity contribution < 1.29 is 19.0 Å². The van der Waals surface area contributed by atoms with Gasteiger partial charge < -0.3 is 19.1 Å². The molecule has 2 aliphatic rings. The summed E-state index contributed by atoms with van der Waals surface area (Å²) >= 11 is 0. The summed E-state index contributed by atoms with van der Waals surface area (Å²) in [5.74, 6) is 1.73. The number of nitrogens with zero attached hydrogens (tertiary/aromatic N) is 2. The molecule has 0 N–H and O–H groups in total. The van der Waals surface area contributed by atoms with Gasteiger partial charge in [0.15, 0.2) is 0 Å². The standard InChI is InChI=1S/C24H30N2O4/c1-28-19-10-11-20(22(17-19)29-2)21-9-6-12-26(21)23(18-7-4-3-5-8-18)24(27)25-13-15-30-16-14-25/h3-5,7-8,10-11,17,21,23H,6,9,12-16H2,1-2H3/t21-,23-/m1/s1.